The van der Waals surface area contributed by atoms with Gasteiger partial charge in [-0.05, 0) is 32.4 Å². The second-order valence-electron chi connectivity index (χ2n) is 5.62. The largest absolute Gasteiger partial charge is 0.401 e. The lowest BCUT2D eigenvalue weighted by Gasteiger charge is -2.34. The van der Waals surface area contributed by atoms with Crippen LogP contribution in [0, 0.1) is 5.92 Å². The van der Waals surface area contributed by atoms with Gasteiger partial charge < -0.3 is 10.2 Å². The number of hydrogen-bond donors (Lipinski definition) is 1. The van der Waals surface area contributed by atoms with Crippen LogP contribution in [-0.4, -0.2) is 67.7 Å². The second kappa shape index (κ2) is 6.76. The van der Waals surface area contributed by atoms with E-state index in [0.29, 0.717) is 32.5 Å². The third kappa shape index (κ3) is 4.63. The fraction of sp³-hybridized carbons (Fsp3) is 0.923. The summed E-state index contributed by atoms with van der Waals surface area (Å²) < 4.78 is 37.3. The smallest absolute Gasteiger partial charge is 0.341 e. The van der Waals surface area contributed by atoms with Crippen molar-refractivity contribution >= 4 is 5.91 Å². The van der Waals surface area contributed by atoms with Gasteiger partial charge in [0.2, 0.25) is 5.91 Å². The molecule has 1 unspecified atom stereocenters. The Labute approximate surface area is 117 Å². The molecule has 0 aliphatic carbocycles. The Morgan fingerprint density at radius 2 is 1.95 bits per heavy atom. The molecule has 2 heterocycles. The molecule has 2 aliphatic rings. The predicted molar refractivity (Wildman–Crippen MR) is 69.3 cm³/mol. The number of piperidine rings is 1. The first-order valence-electron chi connectivity index (χ1n) is 7.24. The first-order valence-corrected chi connectivity index (χ1v) is 7.24. The van der Waals surface area contributed by atoms with Gasteiger partial charge in [-0.3, -0.25) is 9.69 Å². The molecule has 7 heteroatoms. The van der Waals surface area contributed by atoms with Gasteiger partial charge in [-0.2, -0.15) is 13.2 Å². The van der Waals surface area contributed by atoms with Crippen molar-refractivity contribution < 1.29 is 18.0 Å². The summed E-state index contributed by atoms with van der Waals surface area (Å²) in [7, 11) is 0. The molecule has 1 amide bonds. The van der Waals surface area contributed by atoms with Crippen LogP contribution in [0.2, 0.25) is 0 Å². The van der Waals surface area contributed by atoms with E-state index in [9.17, 15) is 18.0 Å². The quantitative estimate of drug-likeness (QED) is 0.827. The van der Waals surface area contributed by atoms with Gasteiger partial charge in [-0.1, -0.05) is 0 Å². The van der Waals surface area contributed by atoms with Gasteiger partial charge in [0.15, 0.2) is 0 Å². The highest BCUT2D eigenvalue weighted by molar-refractivity contribution is 5.79. The summed E-state index contributed by atoms with van der Waals surface area (Å²) in [5.41, 5.74) is 0. The van der Waals surface area contributed by atoms with Crippen LogP contribution >= 0.6 is 0 Å². The number of nitrogens with one attached hydrogen (secondary N) is 1. The zero-order chi connectivity index (χ0) is 14.6. The van der Waals surface area contributed by atoms with Crippen LogP contribution in [0.4, 0.5) is 13.2 Å². The molecule has 0 spiro atoms. The van der Waals surface area contributed by atoms with E-state index in [4.69, 9.17) is 0 Å². The monoisotopic (exact) mass is 293 g/mol. The molecule has 2 fully saturated rings. The summed E-state index contributed by atoms with van der Waals surface area (Å²) in [6.45, 7) is 2.81. The Kier molecular flexibility index (Phi) is 5.26. The first-order chi connectivity index (χ1) is 9.46. The summed E-state index contributed by atoms with van der Waals surface area (Å²) in [6, 6.07) is 0. The Morgan fingerprint density at radius 1 is 1.15 bits per heavy atom. The van der Waals surface area contributed by atoms with Crippen LogP contribution in [0.3, 0.4) is 0 Å². The molecule has 1 N–H and O–H groups in total. The van der Waals surface area contributed by atoms with Gasteiger partial charge >= 0.3 is 6.18 Å². The number of alkyl halides is 3. The lowest BCUT2D eigenvalue weighted by molar-refractivity contribution is -0.154. The van der Waals surface area contributed by atoms with Gasteiger partial charge in [-0.25, -0.2) is 0 Å². The van der Waals surface area contributed by atoms with Crippen LogP contribution in [0.5, 0.6) is 0 Å². The number of halogens is 3. The molecule has 2 aliphatic heterocycles. The highest BCUT2D eigenvalue weighted by atomic mass is 19.4. The topological polar surface area (TPSA) is 35.6 Å². The summed E-state index contributed by atoms with van der Waals surface area (Å²) in [6.07, 6.45) is -1.90. The first kappa shape index (κ1) is 15.6. The Morgan fingerprint density at radius 3 is 2.70 bits per heavy atom. The third-order valence-corrected chi connectivity index (χ3v) is 3.91. The highest BCUT2D eigenvalue weighted by Gasteiger charge is 2.35. The van der Waals surface area contributed by atoms with E-state index < -0.39 is 12.7 Å². The normalized spacial score (nSPS) is 26.4. The Hall–Kier alpha value is -0.820. The summed E-state index contributed by atoms with van der Waals surface area (Å²) in [5.74, 6) is -0.246. The molecule has 0 aromatic heterocycles. The van der Waals surface area contributed by atoms with E-state index in [2.05, 4.69) is 5.32 Å². The molecule has 2 rings (SSSR count). The molecule has 2 saturated heterocycles. The summed E-state index contributed by atoms with van der Waals surface area (Å²) >= 11 is 0. The van der Waals surface area contributed by atoms with Crippen LogP contribution < -0.4 is 5.32 Å². The van der Waals surface area contributed by atoms with Crippen LogP contribution in [-0.2, 0) is 4.79 Å². The molecule has 116 valence electrons. The van der Waals surface area contributed by atoms with Crippen molar-refractivity contribution in [1.82, 2.24) is 15.1 Å². The minimum absolute atomic E-state index is 0.0283. The highest BCUT2D eigenvalue weighted by Crippen LogP contribution is 2.23. The van der Waals surface area contributed by atoms with Crippen molar-refractivity contribution in [3.05, 3.63) is 0 Å². The van der Waals surface area contributed by atoms with Crippen molar-refractivity contribution in [2.24, 2.45) is 5.92 Å². The molecule has 1 atom stereocenters. The molecule has 0 aromatic carbocycles. The van der Waals surface area contributed by atoms with E-state index in [0.717, 1.165) is 19.5 Å². The second-order valence-corrected chi connectivity index (χ2v) is 5.62. The van der Waals surface area contributed by atoms with Crippen molar-refractivity contribution in [2.75, 3.05) is 45.8 Å². The van der Waals surface area contributed by atoms with Crippen LogP contribution in [0.1, 0.15) is 19.3 Å². The zero-order valence-corrected chi connectivity index (χ0v) is 11.6. The number of hydrogen-bond acceptors (Lipinski definition) is 3. The Balaban J connectivity index is 1.88. The number of likely N-dealkylation sites (tertiary alicyclic amines) is 1. The lowest BCUT2D eigenvalue weighted by atomic mass is 9.96. The molecular formula is C13H22F3N3O. The van der Waals surface area contributed by atoms with Crippen molar-refractivity contribution in [3.8, 4) is 0 Å². The average Bonchev–Trinajstić information content (AvgIpc) is 2.65. The van der Waals surface area contributed by atoms with E-state index in [1.54, 1.807) is 0 Å². The zero-order valence-electron chi connectivity index (χ0n) is 11.6. The molecule has 0 bridgehead atoms. The lowest BCUT2D eigenvalue weighted by Crippen LogP contribution is -2.47. The number of nitrogens with zero attached hydrogens (tertiary/aromatic N) is 2. The maximum absolute atomic E-state index is 12.4. The van der Waals surface area contributed by atoms with Crippen LogP contribution in [0.15, 0.2) is 0 Å². The van der Waals surface area contributed by atoms with Crippen LogP contribution in [0.25, 0.3) is 0 Å². The number of rotatable bonds is 2. The fourth-order valence-electron chi connectivity index (χ4n) is 2.98. The third-order valence-electron chi connectivity index (χ3n) is 3.91. The van der Waals surface area contributed by atoms with Gasteiger partial charge in [0.1, 0.15) is 0 Å². The molecule has 0 radical (unpaired) electrons. The van der Waals surface area contributed by atoms with Gasteiger partial charge in [0.05, 0.1) is 12.5 Å². The molecule has 0 saturated carbocycles. The van der Waals surface area contributed by atoms with Gasteiger partial charge in [0.25, 0.3) is 0 Å². The maximum atomic E-state index is 12.4. The predicted octanol–water partition coefficient (Wildman–Crippen LogP) is 1.08. The van der Waals surface area contributed by atoms with Crippen molar-refractivity contribution in [3.63, 3.8) is 0 Å². The van der Waals surface area contributed by atoms with E-state index in [1.165, 1.54) is 4.90 Å². The number of amides is 1. The minimum Gasteiger partial charge on any atom is -0.341 e. The molecule has 0 aromatic rings. The SMILES string of the molecule is O=C(C1CCCN(CC(F)(F)F)C1)N1CCCNCC1. The average molecular weight is 293 g/mol. The summed E-state index contributed by atoms with van der Waals surface area (Å²) in [5, 5.41) is 3.22. The number of carbonyl (C=O) groups excluding carboxylic acids is 1. The number of carbonyl (C=O) groups is 1. The van der Waals surface area contributed by atoms with E-state index >= 15 is 0 Å². The fourth-order valence-corrected chi connectivity index (χ4v) is 2.98. The molecular weight excluding hydrogens is 271 g/mol. The minimum atomic E-state index is -4.18. The molecule has 20 heavy (non-hydrogen) atoms. The van der Waals surface area contributed by atoms with Crippen molar-refractivity contribution in [2.45, 2.75) is 25.4 Å². The maximum Gasteiger partial charge on any atom is 0.401 e. The standard InChI is InChI=1S/C13H22F3N3O/c14-13(15,16)10-18-6-1-3-11(9-18)12(20)19-7-2-4-17-5-8-19/h11,17H,1-10H2. The van der Waals surface area contributed by atoms with E-state index in [1.807, 2.05) is 4.90 Å². The summed E-state index contributed by atoms with van der Waals surface area (Å²) in [4.78, 5) is 15.6. The molecule has 4 nitrogen and oxygen atoms in total. The van der Waals surface area contributed by atoms with Crippen molar-refractivity contribution in [1.29, 1.82) is 0 Å². The van der Waals surface area contributed by atoms with Gasteiger partial charge in [-0.15, -0.1) is 0 Å². The Bertz CT molecular complexity index is 327. The van der Waals surface area contributed by atoms with E-state index in [-0.39, 0.29) is 18.4 Å². The van der Waals surface area contributed by atoms with Gasteiger partial charge in [0, 0.05) is 26.2 Å².